The maximum absolute atomic E-state index is 11.6. The number of rotatable bonds is 2. The Labute approximate surface area is 121 Å². The van der Waals surface area contributed by atoms with Crippen molar-refractivity contribution in [2.24, 2.45) is 5.92 Å². The van der Waals surface area contributed by atoms with Gasteiger partial charge in [-0.2, -0.15) is 5.10 Å². The van der Waals surface area contributed by atoms with E-state index in [0.717, 1.165) is 17.8 Å². The third kappa shape index (κ3) is 2.41. The molecule has 3 rings (SSSR count). The Morgan fingerprint density at radius 1 is 1.40 bits per heavy atom. The average molecular weight is 292 g/mol. The number of nitrogens with zero attached hydrogens (tertiary/aromatic N) is 3. The highest BCUT2D eigenvalue weighted by atomic mass is 35.5. The minimum absolute atomic E-state index is 0.116. The molecule has 0 amide bonds. The van der Waals surface area contributed by atoms with Crippen LogP contribution in [0.2, 0.25) is 5.02 Å². The Morgan fingerprint density at radius 2 is 2.15 bits per heavy atom. The smallest absolute Gasteiger partial charge is 0.309 e. The van der Waals surface area contributed by atoms with Gasteiger partial charge in [0.15, 0.2) is 5.82 Å². The highest BCUT2D eigenvalue weighted by molar-refractivity contribution is 6.30. The number of ether oxygens (including phenoxy) is 1. The molecule has 0 N–H and O–H groups in total. The van der Waals surface area contributed by atoms with Crippen LogP contribution < -0.4 is 0 Å². The van der Waals surface area contributed by atoms with Gasteiger partial charge in [-0.25, -0.2) is 9.67 Å². The van der Waals surface area contributed by atoms with Crippen LogP contribution in [0.3, 0.4) is 0 Å². The van der Waals surface area contributed by atoms with Gasteiger partial charge in [-0.05, 0) is 30.7 Å². The minimum atomic E-state index is -0.174. The average Bonchev–Trinajstić information content (AvgIpc) is 2.90. The Morgan fingerprint density at radius 3 is 2.85 bits per heavy atom. The van der Waals surface area contributed by atoms with Crippen LogP contribution in [0, 0.1) is 5.92 Å². The fourth-order valence-electron chi connectivity index (χ4n) is 2.39. The van der Waals surface area contributed by atoms with Gasteiger partial charge in [0.2, 0.25) is 0 Å². The van der Waals surface area contributed by atoms with Gasteiger partial charge >= 0.3 is 5.97 Å². The number of fused-ring (bicyclic) bond motifs is 1. The fourth-order valence-corrected chi connectivity index (χ4v) is 2.52. The molecule has 0 bridgehead atoms. The summed E-state index contributed by atoms with van der Waals surface area (Å²) in [5.41, 5.74) is 0.922. The summed E-state index contributed by atoms with van der Waals surface area (Å²) in [6.45, 7) is 0.690. The molecule has 0 radical (unpaired) electrons. The van der Waals surface area contributed by atoms with Crippen molar-refractivity contribution in [2.45, 2.75) is 19.4 Å². The SMILES string of the molecule is COC(=O)C1CCn2nc(-c3ccc(Cl)cc3)nc2C1. The number of carbonyl (C=O) groups is 1. The molecule has 2 aromatic rings. The summed E-state index contributed by atoms with van der Waals surface area (Å²) in [5.74, 6) is 1.21. The summed E-state index contributed by atoms with van der Waals surface area (Å²) in [4.78, 5) is 16.1. The summed E-state index contributed by atoms with van der Waals surface area (Å²) in [7, 11) is 1.42. The van der Waals surface area contributed by atoms with Crippen molar-refractivity contribution in [1.82, 2.24) is 14.8 Å². The lowest BCUT2D eigenvalue weighted by atomic mass is 9.98. The molecule has 2 heterocycles. The Hall–Kier alpha value is -1.88. The second-order valence-corrected chi connectivity index (χ2v) is 5.23. The van der Waals surface area contributed by atoms with Crippen molar-refractivity contribution < 1.29 is 9.53 Å². The molecule has 1 aliphatic heterocycles. The van der Waals surface area contributed by atoms with Crippen molar-refractivity contribution in [3.8, 4) is 11.4 Å². The number of esters is 1. The third-order valence-corrected chi connectivity index (χ3v) is 3.76. The maximum Gasteiger partial charge on any atom is 0.309 e. The summed E-state index contributed by atoms with van der Waals surface area (Å²) >= 11 is 5.87. The first-order valence-corrected chi connectivity index (χ1v) is 6.82. The van der Waals surface area contributed by atoms with Gasteiger partial charge < -0.3 is 4.74 Å². The van der Waals surface area contributed by atoms with Crippen LogP contribution in [0.25, 0.3) is 11.4 Å². The monoisotopic (exact) mass is 291 g/mol. The van der Waals surface area contributed by atoms with Gasteiger partial charge in [0, 0.05) is 23.6 Å². The highest BCUT2D eigenvalue weighted by Gasteiger charge is 2.27. The number of aromatic nitrogens is 3. The molecule has 1 atom stereocenters. The van der Waals surface area contributed by atoms with Crippen LogP contribution in [-0.4, -0.2) is 27.8 Å². The molecule has 1 aromatic heterocycles. The van der Waals surface area contributed by atoms with Gasteiger partial charge in [0.05, 0.1) is 13.0 Å². The zero-order chi connectivity index (χ0) is 14.1. The van der Waals surface area contributed by atoms with E-state index in [9.17, 15) is 4.79 Å². The van der Waals surface area contributed by atoms with Gasteiger partial charge in [-0.1, -0.05) is 11.6 Å². The normalized spacial score (nSPS) is 17.6. The van der Waals surface area contributed by atoms with Crippen LogP contribution in [0.15, 0.2) is 24.3 Å². The van der Waals surface area contributed by atoms with Crippen LogP contribution >= 0.6 is 11.6 Å². The van der Waals surface area contributed by atoms with E-state index in [4.69, 9.17) is 16.3 Å². The summed E-state index contributed by atoms with van der Waals surface area (Å²) in [6, 6.07) is 7.41. The van der Waals surface area contributed by atoms with Crippen LogP contribution in [-0.2, 0) is 22.5 Å². The van der Waals surface area contributed by atoms with Crippen molar-refractivity contribution in [3.05, 3.63) is 35.1 Å². The molecule has 0 aliphatic carbocycles. The number of aryl methyl sites for hydroxylation is 1. The lowest BCUT2D eigenvalue weighted by molar-refractivity contribution is -0.146. The topological polar surface area (TPSA) is 57.0 Å². The zero-order valence-corrected chi connectivity index (χ0v) is 11.8. The molecule has 5 nitrogen and oxygen atoms in total. The van der Waals surface area contributed by atoms with Crippen LogP contribution in [0.5, 0.6) is 0 Å². The molecule has 1 aliphatic rings. The van der Waals surface area contributed by atoms with E-state index < -0.39 is 0 Å². The number of benzene rings is 1. The Balaban J connectivity index is 1.86. The van der Waals surface area contributed by atoms with E-state index in [1.54, 1.807) is 0 Å². The van der Waals surface area contributed by atoms with Crippen molar-refractivity contribution >= 4 is 17.6 Å². The van der Waals surface area contributed by atoms with E-state index in [0.29, 0.717) is 23.8 Å². The first-order chi connectivity index (χ1) is 9.67. The predicted octanol–water partition coefficient (Wildman–Crippen LogP) is 2.33. The third-order valence-electron chi connectivity index (χ3n) is 3.50. The molecule has 104 valence electrons. The van der Waals surface area contributed by atoms with Gasteiger partial charge in [0.25, 0.3) is 0 Å². The molecule has 1 unspecified atom stereocenters. The molecule has 0 saturated heterocycles. The van der Waals surface area contributed by atoms with E-state index in [1.807, 2.05) is 28.9 Å². The summed E-state index contributed by atoms with van der Waals surface area (Å²) in [5, 5.41) is 5.16. The Bertz CT molecular complexity index is 636. The van der Waals surface area contributed by atoms with Gasteiger partial charge in [-0.3, -0.25) is 4.79 Å². The predicted molar refractivity (Wildman–Crippen MR) is 74.3 cm³/mol. The van der Waals surface area contributed by atoms with Crippen molar-refractivity contribution in [2.75, 3.05) is 7.11 Å². The number of halogens is 1. The lowest BCUT2D eigenvalue weighted by Crippen LogP contribution is -2.27. The summed E-state index contributed by atoms with van der Waals surface area (Å²) in [6.07, 6.45) is 1.32. The van der Waals surface area contributed by atoms with E-state index in [1.165, 1.54) is 7.11 Å². The molecule has 0 fully saturated rings. The molecule has 0 saturated carbocycles. The second kappa shape index (κ2) is 5.25. The molecular weight excluding hydrogens is 278 g/mol. The van der Waals surface area contributed by atoms with E-state index in [2.05, 4.69) is 10.1 Å². The highest BCUT2D eigenvalue weighted by Crippen LogP contribution is 2.24. The number of hydrogen-bond donors (Lipinski definition) is 0. The van der Waals surface area contributed by atoms with Gasteiger partial charge in [0.1, 0.15) is 5.82 Å². The number of hydrogen-bond acceptors (Lipinski definition) is 4. The second-order valence-electron chi connectivity index (χ2n) is 4.79. The van der Waals surface area contributed by atoms with E-state index in [-0.39, 0.29) is 11.9 Å². The van der Waals surface area contributed by atoms with Crippen molar-refractivity contribution in [3.63, 3.8) is 0 Å². The molecular formula is C14H14ClN3O2. The molecule has 6 heteroatoms. The summed E-state index contributed by atoms with van der Waals surface area (Å²) < 4.78 is 6.66. The van der Waals surface area contributed by atoms with Crippen molar-refractivity contribution in [1.29, 1.82) is 0 Å². The Kier molecular flexibility index (Phi) is 3.44. The largest absolute Gasteiger partial charge is 0.469 e. The minimum Gasteiger partial charge on any atom is -0.469 e. The molecule has 20 heavy (non-hydrogen) atoms. The lowest BCUT2D eigenvalue weighted by Gasteiger charge is -2.19. The standard InChI is InChI=1S/C14H14ClN3O2/c1-20-14(19)10-6-7-18-12(8-10)16-13(17-18)9-2-4-11(15)5-3-9/h2-5,10H,6-8H2,1H3. The molecule has 0 spiro atoms. The number of methoxy groups -OCH3 is 1. The quantitative estimate of drug-likeness (QED) is 0.797. The maximum atomic E-state index is 11.6. The number of carbonyl (C=O) groups excluding carboxylic acids is 1. The first kappa shape index (κ1) is 13.1. The molecule has 1 aromatic carbocycles. The van der Waals surface area contributed by atoms with Gasteiger partial charge in [-0.15, -0.1) is 0 Å². The fraction of sp³-hybridized carbons (Fsp3) is 0.357. The van der Waals surface area contributed by atoms with Crippen LogP contribution in [0.4, 0.5) is 0 Å². The van der Waals surface area contributed by atoms with Crippen LogP contribution in [0.1, 0.15) is 12.2 Å². The zero-order valence-electron chi connectivity index (χ0n) is 11.0. The first-order valence-electron chi connectivity index (χ1n) is 6.45. The van der Waals surface area contributed by atoms with E-state index >= 15 is 0 Å².